The number of nitrogens with one attached hydrogen (secondary N) is 1. The summed E-state index contributed by atoms with van der Waals surface area (Å²) in [7, 11) is 0. The fourth-order valence-electron chi connectivity index (χ4n) is 1.84. The van der Waals surface area contributed by atoms with Gasteiger partial charge in [0.1, 0.15) is 5.82 Å². The molecule has 2 nitrogen and oxygen atoms in total. The van der Waals surface area contributed by atoms with Crippen molar-refractivity contribution < 1.29 is 13.2 Å². The smallest absolute Gasteiger partial charge is 0.187 e. The maximum absolute atomic E-state index is 13.7. The van der Waals surface area contributed by atoms with E-state index in [1.54, 1.807) is 23.6 Å². The van der Waals surface area contributed by atoms with Crippen molar-refractivity contribution in [2.45, 2.75) is 0 Å². The van der Waals surface area contributed by atoms with E-state index in [9.17, 15) is 13.2 Å². The number of hydrogen-bond acceptors (Lipinski definition) is 3. The summed E-state index contributed by atoms with van der Waals surface area (Å²) in [5.74, 6) is -2.29. The highest BCUT2D eigenvalue weighted by Crippen LogP contribution is 2.29. The Morgan fingerprint density at radius 2 is 1.67 bits per heavy atom. The average Bonchev–Trinajstić information content (AvgIpc) is 2.93. The van der Waals surface area contributed by atoms with Crippen LogP contribution in [0.5, 0.6) is 0 Å². The molecular weight excluding hydrogens is 297 g/mol. The van der Waals surface area contributed by atoms with E-state index in [1.165, 1.54) is 29.5 Å². The van der Waals surface area contributed by atoms with Crippen molar-refractivity contribution in [2.24, 2.45) is 0 Å². The predicted molar refractivity (Wildman–Crippen MR) is 77.1 cm³/mol. The van der Waals surface area contributed by atoms with Crippen LogP contribution in [0.1, 0.15) is 0 Å². The van der Waals surface area contributed by atoms with Crippen LogP contribution in [0.25, 0.3) is 11.3 Å². The predicted octanol–water partition coefficient (Wildman–Crippen LogP) is 4.97. The van der Waals surface area contributed by atoms with E-state index < -0.39 is 11.6 Å². The van der Waals surface area contributed by atoms with Crippen LogP contribution in [0.2, 0.25) is 0 Å². The van der Waals surface area contributed by atoms with Gasteiger partial charge in [0.25, 0.3) is 0 Å². The molecule has 0 unspecified atom stereocenters. The van der Waals surface area contributed by atoms with Gasteiger partial charge in [-0.1, -0.05) is 18.2 Å². The Hall–Kier alpha value is -2.34. The Morgan fingerprint density at radius 3 is 2.48 bits per heavy atom. The van der Waals surface area contributed by atoms with E-state index in [2.05, 4.69) is 10.3 Å². The lowest BCUT2D eigenvalue weighted by Crippen LogP contribution is -1.95. The second-order valence-electron chi connectivity index (χ2n) is 4.24. The van der Waals surface area contributed by atoms with Crippen molar-refractivity contribution in [1.82, 2.24) is 4.98 Å². The number of nitrogens with zero attached hydrogens (tertiary/aromatic N) is 1. The van der Waals surface area contributed by atoms with E-state index in [0.29, 0.717) is 16.4 Å². The zero-order valence-corrected chi connectivity index (χ0v) is 11.4. The standard InChI is InChI=1S/C15H9F3N2S/c16-10-5-2-1-4-9(10)13-8-21-15(20-13)19-12-7-3-6-11(17)14(12)18/h1-8H,(H,19,20). The van der Waals surface area contributed by atoms with E-state index >= 15 is 0 Å². The van der Waals surface area contributed by atoms with Gasteiger partial charge in [-0.15, -0.1) is 11.3 Å². The Bertz CT molecular complexity index is 786. The molecule has 1 aromatic heterocycles. The monoisotopic (exact) mass is 306 g/mol. The molecule has 3 aromatic rings. The zero-order chi connectivity index (χ0) is 14.8. The number of rotatable bonds is 3. The number of halogens is 3. The fraction of sp³-hybridized carbons (Fsp3) is 0. The molecule has 2 aromatic carbocycles. The van der Waals surface area contributed by atoms with E-state index in [1.807, 2.05) is 0 Å². The van der Waals surface area contributed by atoms with Gasteiger partial charge >= 0.3 is 0 Å². The third-order valence-electron chi connectivity index (χ3n) is 2.85. The summed E-state index contributed by atoms with van der Waals surface area (Å²) in [4.78, 5) is 4.19. The summed E-state index contributed by atoms with van der Waals surface area (Å²) in [6.07, 6.45) is 0. The molecule has 6 heteroatoms. The first-order valence-corrected chi connectivity index (χ1v) is 6.94. The Labute approximate surface area is 122 Å². The minimum Gasteiger partial charge on any atom is -0.329 e. The first kappa shape index (κ1) is 13.6. The van der Waals surface area contributed by atoms with Crippen molar-refractivity contribution in [1.29, 1.82) is 0 Å². The van der Waals surface area contributed by atoms with Crippen LogP contribution in [0.4, 0.5) is 24.0 Å². The molecule has 1 heterocycles. The number of aromatic nitrogens is 1. The highest BCUT2D eigenvalue weighted by molar-refractivity contribution is 7.14. The number of hydrogen-bond donors (Lipinski definition) is 1. The molecule has 0 aliphatic carbocycles. The van der Waals surface area contributed by atoms with Gasteiger partial charge in [0.05, 0.1) is 11.4 Å². The van der Waals surface area contributed by atoms with Crippen molar-refractivity contribution in [3.8, 4) is 11.3 Å². The molecule has 0 fully saturated rings. The first-order valence-electron chi connectivity index (χ1n) is 6.06. The van der Waals surface area contributed by atoms with Crippen LogP contribution in [0.15, 0.2) is 47.8 Å². The molecule has 0 atom stereocenters. The lowest BCUT2D eigenvalue weighted by Gasteiger charge is -2.04. The van der Waals surface area contributed by atoms with Crippen LogP contribution in [0.3, 0.4) is 0 Å². The van der Waals surface area contributed by atoms with Gasteiger partial charge < -0.3 is 5.32 Å². The molecule has 0 amide bonds. The van der Waals surface area contributed by atoms with Gasteiger partial charge in [-0.25, -0.2) is 18.2 Å². The molecule has 21 heavy (non-hydrogen) atoms. The zero-order valence-electron chi connectivity index (χ0n) is 10.6. The minimum absolute atomic E-state index is 0.00978. The summed E-state index contributed by atoms with van der Waals surface area (Å²) in [6.45, 7) is 0. The van der Waals surface area contributed by atoms with Crippen LogP contribution in [0, 0.1) is 17.5 Å². The number of thiazole rings is 1. The van der Waals surface area contributed by atoms with Gasteiger partial charge in [0.15, 0.2) is 16.8 Å². The van der Waals surface area contributed by atoms with E-state index in [-0.39, 0.29) is 11.5 Å². The summed E-state index contributed by atoms with van der Waals surface area (Å²) < 4.78 is 40.3. The average molecular weight is 306 g/mol. The van der Waals surface area contributed by atoms with E-state index in [4.69, 9.17) is 0 Å². The normalized spacial score (nSPS) is 10.6. The van der Waals surface area contributed by atoms with Crippen LogP contribution < -0.4 is 5.32 Å². The van der Waals surface area contributed by atoms with Gasteiger partial charge in [-0.3, -0.25) is 0 Å². The summed E-state index contributed by atoms with van der Waals surface area (Å²) >= 11 is 1.18. The molecule has 0 spiro atoms. The van der Waals surface area contributed by atoms with Crippen LogP contribution >= 0.6 is 11.3 Å². The fourth-order valence-corrected chi connectivity index (χ4v) is 2.56. The molecule has 0 aliphatic rings. The summed E-state index contributed by atoms with van der Waals surface area (Å²) in [5.41, 5.74) is 0.795. The topological polar surface area (TPSA) is 24.9 Å². The van der Waals surface area contributed by atoms with Gasteiger partial charge in [-0.05, 0) is 24.3 Å². The highest BCUT2D eigenvalue weighted by Gasteiger charge is 2.12. The second-order valence-corrected chi connectivity index (χ2v) is 5.10. The molecule has 0 aliphatic heterocycles. The highest BCUT2D eigenvalue weighted by atomic mass is 32.1. The lowest BCUT2D eigenvalue weighted by atomic mass is 10.2. The van der Waals surface area contributed by atoms with Crippen molar-refractivity contribution in [3.05, 3.63) is 65.3 Å². The largest absolute Gasteiger partial charge is 0.329 e. The summed E-state index contributed by atoms with van der Waals surface area (Å²) in [6, 6.07) is 10.1. The maximum Gasteiger partial charge on any atom is 0.187 e. The molecule has 0 bridgehead atoms. The van der Waals surface area contributed by atoms with Gasteiger partial charge in [0, 0.05) is 10.9 Å². The number of benzene rings is 2. The minimum atomic E-state index is -0.972. The first-order chi connectivity index (χ1) is 10.1. The summed E-state index contributed by atoms with van der Waals surface area (Å²) in [5, 5.41) is 4.70. The molecule has 0 radical (unpaired) electrons. The van der Waals surface area contributed by atoms with Crippen molar-refractivity contribution in [2.75, 3.05) is 5.32 Å². The maximum atomic E-state index is 13.7. The lowest BCUT2D eigenvalue weighted by molar-refractivity contribution is 0.512. The second kappa shape index (κ2) is 5.57. The third kappa shape index (κ3) is 2.75. The van der Waals surface area contributed by atoms with Crippen molar-refractivity contribution >= 4 is 22.2 Å². The third-order valence-corrected chi connectivity index (χ3v) is 3.60. The molecule has 0 saturated carbocycles. The molecule has 3 rings (SSSR count). The van der Waals surface area contributed by atoms with Crippen molar-refractivity contribution in [3.63, 3.8) is 0 Å². The molecule has 0 saturated heterocycles. The molecular formula is C15H9F3N2S. The van der Waals surface area contributed by atoms with E-state index in [0.717, 1.165) is 6.07 Å². The number of anilines is 2. The Kier molecular flexibility index (Phi) is 3.62. The van der Waals surface area contributed by atoms with Crippen LogP contribution in [-0.4, -0.2) is 4.98 Å². The van der Waals surface area contributed by atoms with Crippen LogP contribution in [-0.2, 0) is 0 Å². The van der Waals surface area contributed by atoms with Gasteiger partial charge in [-0.2, -0.15) is 0 Å². The van der Waals surface area contributed by atoms with Gasteiger partial charge in [0.2, 0.25) is 0 Å². The Morgan fingerprint density at radius 1 is 0.905 bits per heavy atom. The Balaban J connectivity index is 1.89. The molecule has 1 N–H and O–H groups in total. The SMILES string of the molecule is Fc1ccccc1-c1csc(Nc2cccc(F)c2F)n1. The quantitative estimate of drug-likeness (QED) is 0.739. The molecule has 106 valence electrons.